The second kappa shape index (κ2) is 7.25. The Morgan fingerprint density at radius 1 is 1.24 bits per heavy atom. The van der Waals surface area contributed by atoms with Gasteiger partial charge in [-0.05, 0) is 44.7 Å². The normalized spacial score (nSPS) is 18.4. The fraction of sp³-hybridized carbons (Fsp3) is 0.529. The van der Waals surface area contributed by atoms with Crippen molar-refractivity contribution in [3.63, 3.8) is 0 Å². The predicted molar refractivity (Wildman–Crippen MR) is 81.1 cm³/mol. The molecule has 0 radical (unpaired) electrons. The van der Waals surface area contributed by atoms with E-state index in [1.807, 2.05) is 24.0 Å². The standard InChI is InChI=1S/C17H23NO3/c1-3-15-6-4-5-11-18(15)16(19)12-21-17(20)14-9-7-13(2)8-10-14/h7-10,15H,3-6,11-12H2,1-2H3/t15-/m0/s1. The molecular weight excluding hydrogens is 266 g/mol. The van der Waals surface area contributed by atoms with E-state index >= 15 is 0 Å². The van der Waals surface area contributed by atoms with Gasteiger partial charge in [-0.15, -0.1) is 0 Å². The average Bonchev–Trinajstić information content (AvgIpc) is 2.52. The number of likely N-dealkylation sites (tertiary alicyclic amines) is 1. The molecule has 114 valence electrons. The number of carbonyl (C=O) groups is 2. The molecule has 21 heavy (non-hydrogen) atoms. The van der Waals surface area contributed by atoms with Gasteiger partial charge >= 0.3 is 5.97 Å². The molecule has 1 atom stereocenters. The summed E-state index contributed by atoms with van der Waals surface area (Å²) < 4.78 is 5.15. The molecule has 1 aromatic rings. The van der Waals surface area contributed by atoms with E-state index < -0.39 is 5.97 Å². The first-order valence-corrected chi connectivity index (χ1v) is 7.65. The van der Waals surface area contributed by atoms with Crippen LogP contribution in [-0.4, -0.2) is 36.0 Å². The molecule has 1 heterocycles. The van der Waals surface area contributed by atoms with Gasteiger partial charge < -0.3 is 9.64 Å². The van der Waals surface area contributed by atoms with Gasteiger partial charge in [-0.1, -0.05) is 24.6 Å². The van der Waals surface area contributed by atoms with Crippen molar-refractivity contribution in [2.24, 2.45) is 0 Å². The van der Waals surface area contributed by atoms with Gasteiger partial charge in [0.15, 0.2) is 6.61 Å². The van der Waals surface area contributed by atoms with Gasteiger partial charge in [-0.25, -0.2) is 4.79 Å². The molecule has 4 heteroatoms. The first kappa shape index (κ1) is 15.5. The van der Waals surface area contributed by atoms with E-state index in [1.165, 1.54) is 6.42 Å². The van der Waals surface area contributed by atoms with Gasteiger partial charge in [-0.3, -0.25) is 4.79 Å². The summed E-state index contributed by atoms with van der Waals surface area (Å²) in [5, 5.41) is 0. The predicted octanol–water partition coefficient (Wildman–Crippen LogP) is 2.94. The van der Waals surface area contributed by atoms with Gasteiger partial charge in [0.05, 0.1) is 5.56 Å². The van der Waals surface area contributed by atoms with Crippen molar-refractivity contribution in [3.8, 4) is 0 Å². The number of benzene rings is 1. The van der Waals surface area contributed by atoms with Crippen LogP contribution in [-0.2, 0) is 9.53 Å². The lowest BCUT2D eigenvalue weighted by atomic mass is 10.00. The molecule has 0 unspecified atom stereocenters. The number of carbonyl (C=O) groups excluding carboxylic acids is 2. The summed E-state index contributed by atoms with van der Waals surface area (Å²) >= 11 is 0. The van der Waals surface area contributed by atoms with E-state index in [1.54, 1.807) is 12.1 Å². The lowest BCUT2D eigenvalue weighted by Gasteiger charge is -2.35. The summed E-state index contributed by atoms with van der Waals surface area (Å²) in [4.78, 5) is 26.0. The van der Waals surface area contributed by atoms with Gasteiger partial charge in [0.1, 0.15) is 0 Å². The maximum absolute atomic E-state index is 12.2. The summed E-state index contributed by atoms with van der Waals surface area (Å²) in [7, 11) is 0. The molecule has 2 rings (SSSR count). The third-order valence-corrected chi connectivity index (χ3v) is 4.03. The third-order valence-electron chi connectivity index (χ3n) is 4.03. The van der Waals surface area contributed by atoms with Crippen molar-refractivity contribution in [3.05, 3.63) is 35.4 Å². The van der Waals surface area contributed by atoms with Crippen molar-refractivity contribution in [1.82, 2.24) is 4.90 Å². The third kappa shape index (κ3) is 4.06. The minimum Gasteiger partial charge on any atom is -0.452 e. The molecule has 0 bridgehead atoms. The quantitative estimate of drug-likeness (QED) is 0.801. The Morgan fingerprint density at radius 2 is 1.95 bits per heavy atom. The highest BCUT2D eigenvalue weighted by Gasteiger charge is 2.25. The molecule has 0 spiro atoms. The highest BCUT2D eigenvalue weighted by Crippen LogP contribution is 2.19. The number of esters is 1. The Bertz CT molecular complexity index is 495. The molecule has 1 aliphatic heterocycles. The van der Waals surface area contributed by atoms with E-state index in [2.05, 4.69) is 6.92 Å². The Hall–Kier alpha value is -1.84. The Balaban J connectivity index is 1.88. The number of rotatable bonds is 4. The van der Waals surface area contributed by atoms with Gasteiger partial charge in [-0.2, -0.15) is 0 Å². The Labute approximate surface area is 126 Å². The smallest absolute Gasteiger partial charge is 0.338 e. The summed E-state index contributed by atoms with van der Waals surface area (Å²) in [6, 6.07) is 7.45. The highest BCUT2D eigenvalue weighted by molar-refractivity contribution is 5.91. The van der Waals surface area contributed by atoms with Crippen molar-refractivity contribution in [1.29, 1.82) is 0 Å². The number of nitrogens with zero attached hydrogens (tertiary/aromatic N) is 1. The van der Waals surface area contributed by atoms with E-state index in [0.717, 1.165) is 31.4 Å². The zero-order chi connectivity index (χ0) is 15.2. The molecule has 4 nitrogen and oxygen atoms in total. The number of piperidine rings is 1. The number of amides is 1. The lowest BCUT2D eigenvalue weighted by Crippen LogP contribution is -2.45. The topological polar surface area (TPSA) is 46.6 Å². The van der Waals surface area contributed by atoms with Crippen LogP contribution in [0.3, 0.4) is 0 Å². The van der Waals surface area contributed by atoms with E-state index in [0.29, 0.717) is 11.6 Å². The summed E-state index contributed by atoms with van der Waals surface area (Å²) in [6.45, 7) is 4.66. The van der Waals surface area contributed by atoms with Crippen molar-refractivity contribution in [2.45, 2.75) is 45.6 Å². The van der Waals surface area contributed by atoms with E-state index in [4.69, 9.17) is 4.74 Å². The minimum atomic E-state index is -0.437. The second-order valence-corrected chi connectivity index (χ2v) is 5.59. The Morgan fingerprint density at radius 3 is 2.62 bits per heavy atom. The number of aryl methyl sites for hydroxylation is 1. The van der Waals surface area contributed by atoms with Crippen LogP contribution in [0, 0.1) is 6.92 Å². The molecule has 1 amide bonds. The second-order valence-electron chi connectivity index (χ2n) is 5.59. The van der Waals surface area contributed by atoms with Crippen LogP contribution >= 0.6 is 0 Å². The zero-order valence-corrected chi connectivity index (χ0v) is 12.8. The van der Waals surface area contributed by atoms with E-state index in [-0.39, 0.29) is 12.5 Å². The van der Waals surface area contributed by atoms with Crippen LogP contribution in [0.5, 0.6) is 0 Å². The SMILES string of the molecule is CC[C@H]1CCCCN1C(=O)COC(=O)c1ccc(C)cc1. The van der Waals surface area contributed by atoms with Crippen LogP contribution < -0.4 is 0 Å². The van der Waals surface area contributed by atoms with Gasteiger partial charge in [0, 0.05) is 12.6 Å². The van der Waals surface area contributed by atoms with Crippen molar-refractivity contribution in [2.75, 3.05) is 13.2 Å². The fourth-order valence-corrected chi connectivity index (χ4v) is 2.74. The molecule has 0 aliphatic carbocycles. The molecule has 0 N–H and O–H groups in total. The average molecular weight is 289 g/mol. The monoisotopic (exact) mass is 289 g/mol. The summed E-state index contributed by atoms with van der Waals surface area (Å²) in [5.41, 5.74) is 1.57. The number of hydrogen-bond donors (Lipinski definition) is 0. The first-order chi connectivity index (χ1) is 10.1. The van der Waals surface area contributed by atoms with Crippen molar-refractivity contribution < 1.29 is 14.3 Å². The molecule has 1 aliphatic rings. The van der Waals surface area contributed by atoms with E-state index in [9.17, 15) is 9.59 Å². The maximum Gasteiger partial charge on any atom is 0.338 e. The van der Waals surface area contributed by atoms with Crippen LogP contribution in [0.25, 0.3) is 0 Å². The number of ether oxygens (including phenoxy) is 1. The fourth-order valence-electron chi connectivity index (χ4n) is 2.74. The van der Waals surface area contributed by atoms with Crippen LogP contribution in [0.15, 0.2) is 24.3 Å². The maximum atomic E-state index is 12.2. The first-order valence-electron chi connectivity index (χ1n) is 7.65. The molecule has 1 aromatic carbocycles. The summed E-state index contributed by atoms with van der Waals surface area (Å²) in [6.07, 6.45) is 4.21. The molecule has 1 saturated heterocycles. The summed E-state index contributed by atoms with van der Waals surface area (Å²) in [5.74, 6) is -0.518. The number of hydrogen-bond acceptors (Lipinski definition) is 3. The van der Waals surface area contributed by atoms with Crippen LogP contribution in [0.2, 0.25) is 0 Å². The molecule has 0 saturated carbocycles. The van der Waals surface area contributed by atoms with Crippen LogP contribution in [0.1, 0.15) is 48.5 Å². The minimum absolute atomic E-state index is 0.0815. The molecular formula is C17H23NO3. The van der Waals surface area contributed by atoms with Crippen molar-refractivity contribution >= 4 is 11.9 Å². The largest absolute Gasteiger partial charge is 0.452 e. The lowest BCUT2D eigenvalue weighted by molar-refractivity contribution is -0.138. The molecule has 1 fully saturated rings. The Kier molecular flexibility index (Phi) is 5.37. The zero-order valence-electron chi connectivity index (χ0n) is 12.8. The van der Waals surface area contributed by atoms with Gasteiger partial charge in [0.25, 0.3) is 5.91 Å². The highest BCUT2D eigenvalue weighted by atomic mass is 16.5. The van der Waals surface area contributed by atoms with Gasteiger partial charge in [0.2, 0.25) is 0 Å². The molecule has 0 aromatic heterocycles. The van der Waals surface area contributed by atoms with Crippen LogP contribution in [0.4, 0.5) is 0 Å².